The smallest absolute Gasteiger partial charge is 0.308 e. The number of nitrogens with zero attached hydrogens (tertiary/aromatic N) is 3. The van der Waals surface area contributed by atoms with E-state index < -0.39 is 0 Å². The predicted octanol–water partition coefficient (Wildman–Crippen LogP) is 2.70. The van der Waals surface area contributed by atoms with Gasteiger partial charge in [0.2, 0.25) is 5.88 Å². The molecule has 0 radical (unpaired) electrons. The van der Waals surface area contributed by atoms with Crippen LogP contribution in [0, 0.1) is 13.8 Å². The van der Waals surface area contributed by atoms with E-state index >= 15 is 0 Å². The first kappa shape index (κ1) is 18.8. The van der Waals surface area contributed by atoms with E-state index in [-0.39, 0.29) is 18.0 Å². The molecule has 1 aliphatic rings. The number of amides is 1. The van der Waals surface area contributed by atoms with E-state index in [1.807, 2.05) is 19.9 Å². The summed E-state index contributed by atoms with van der Waals surface area (Å²) >= 11 is 0. The first-order chi connectivity index (χ1) is 12.9. The van der Waals surface area contributed by atoms with Gasteiger partial charge in [0.15, 0.2) is 0 Å². The molecule has 1 aliphatic heterocycles. The van der Waals surface area contributed by atoms with Crippen molar-refractivity contribution in [3.05, 3.63) is 47.4 Å². The number of carbonyl (C=O) groups excluding carboxylic acids is 2. The standard InChI is InChI=1S/C20H23N3O4/c1-13-11-19(22-14(2)21-13)27-18-5-4-10-23(12-18)20(25)16-6-8-17(9-7-16)26-15(3)24/h6-9,11,18H,4-5,10,12H2,1-3H3. The second-order valence-corrected chi connectivity index (χ2v) is 6.65. The van der Waals surface area contributed by atoms with E-state index in [4.69, 9.17) is 9.47 Å². The molecule has 1 saturated heterocycles. The Morgan fingerprint density at radius 1 is 1.15 bits per heavy atom. The van der Waals surface area contributed by atoms with Crippen LogP contribution in [0.4, 0.5) is 0 Å². The minimum Gasteiger partial charge on any atom is -0.472 e. The third kappa shape index (κ3) is 5.03. The van der Waals surface area contributed by atoms with Gasteiger partial charge < -0.3 is 14.4 Å². The predicted molar refractivity (Wildman–Crippen MR) is 98.8 cm³/mol. The van der Waals surface area contributed by atoms with E-state index in [1.54, 1.807) is 29.2 Å². The lowest BCUT2D eigenvalue weighted by Gasteiger charge is -2.32. The van der Waals surface area contributed by atoms with Gasteiger partial charge in [0, 0.05) is 30.8 Å². The third-order valence-electron chi connectivity index (χ3n) is 4.26. The molecular weight excluding hydrogens is 346 g/mol. The monoisotopic (exact) mass is 369 g/mol. The zero-order chi connectivity index (χ0) is 19.4. The summed E-state index contributed by atoms with van der Waals surface area (Å²) in [7, 11) is 0. The molecule has 1 atom stereocenters. The first-order valence-electron chi connectivity index (χ1n) is 8.97. The molecule has 1 amide bonds. The largest absolute Gasteiger partial charge is 0.472 e. The summed E-state index contributed by atoms with van der Waals surface area (Å²) < 4.78 is 11.0. The van der Waals surface area contributed by atoms with Gasteiger partial charge in [0.1, 0.15) is 17.7 Å². The molecule has 1 fully saturated rings. The van der Waals surface area contributed by atoms with E-state index in [1.165, 1.54) is 6.92 Å². The van der Waals surface area contributed by atoms with Gasteiger partial charge in [-0.3, -0.25) is 9.59 Å². The van der Waals surface area contributed by atoms with Crippen molar-refractivity contribution in [2.45, 2.75) is 39.7 Å². The average Bonchev–Trinajstić information content (AvgIpc) is 2.60. The fourth-order valence-electron chi connectivity index (χ4n) is 3.15. The fourth-order valence-corrected chi connectivity index (χ4v) is 3.15. The molecule has 0 N–H and O–H groups in total. The number of aromatic nitrogens is 2. The summed E-state index contributed by atoms with van der Waals surface area (Å²) in [6.45, 7) is 6.26. The summed E-state index contributed by atoms with van der Waals surface area (Å²) in [4.78, 5) is 34.1. The van der Waals surface area contributed by atoms with Crippen molar-refractivity contribution in [2.75, 3.05) is 13.1 Å². The van der Waals surface area contributed by atoms with Crippen LogP contribution in [-0.2, 0) is 4.79 Å². The van der Waals surface area contributed by atoms with Crippen molar-refractivity contribution in [1.82, 2.24) is 14.9 Å². The molecule has 1 aromatic heterocycles. The zero-order valence-corrected chi connectivity index (χ0v) is 15.8. The highest BCUT2D eigenvalue weighted by Gasteiger charge is 2.26. The number of ether oxygens (including phenoxy) is 2. The first-order valence-corrected chi connectivity index (χ1v) is 8.97. The van der Waals surface area contributed by atoms with Crippen LogP contribution >= 0.6 is 0 Å². The Hall–Kier alpha value is -2.96. The van der Waals surface area contributed by atoms with Crippen LogP contribution < -0.4 is 9.47 Å². The molecule has 2 heterocycles. The summed E-state index contributed by atoms with van der Waals surface area (Å²) in [5.74, 6) is 1.19. The zero-order valence-electron chi connectivity index (χ0n) is 15.8. The highest BCUT2D eigenvalue weighted by Crippen LogP contribution is 2.20. The number of hydrogen-bond donors (Lipinski definition) is 0. The SMILES string of the molecule is CC(=O)Oc1ccc(C(=O)N2CCCC(Oc3cc(C)nc(C)n3)C2)cc1. The van der Waals surface area contributed by atoms with E-state index in [9.17, 15) is 9.59 Å². The lowest BCUT2D eigenvalue weighted by Crippen LogP contribution is -2.44. The van der Waals surface area contributed by atoms with Crippen LogP contribution in [0.1, 0.15) is 41.6 Å². The van der Waals surface area contributed by atoms with Crippen molar-refractivity contribution in [2.24, 2.45) is 0 Å². The maximum atomic E-state index is 12.8. The van der Waals surface area contributed by atoms with Gasteiger partial charge in [-0.25, -0.2) is 4.98 Å². The van der Waals surface area contributed by atoms with Gasteiger partial charge in [0.05, 0.1) is 6.54 Å². The quantitative estimate of drug-likeness (QED) is 0.609. The summed E-state index contributed by atoms with van der Waals surface area (Å²) in [6, 6.07) is 8.39. The second-order valence-electron chi connectivity index (χ2n) is 6.65. The molecule has 0 spiro atoms. The maximum absolute atomic E-state index is 12.8. The molecule has 0 bridgehead atoms. The molecule has 3 rings (SSSR count). The minimum atomic E-state index is -0.389. The average molecular weight is 369 g/mol. The molecular formula is C20H23N3O4. The number of likely N-dealkylation sites (tertiary alicyclic amines) is 1. The van der Waals surface area contributed by atoms with Gasteiger partial charge in [-0.05, 0) is 51.0 Å². The number of aryl methyl sites for hydroxylation is 2. The number of carbonyl (C=O) groups is 2. The number of rotatable bonds is 4. The number of piperidine rings is 1. The van der Waals surface area contributed by atoms with E-state index in [0.29, 0.717) is 36.1 Å². The summed E-state index contributed by atoms with van der Waals surface area (Å²) in [5.41, 5.74) is 1.41. The Labute approximate surface area is 158 Å². The molecule has 7 nitrogen and oxygen atoms in total. The Balaban J connectivity index is 1.64. The van der Waals surface area contributed by atoms with Crippen LogP contribution in [0.5, 0.6) is 11.6 Å². The molecule has 1 aromatic carbocycles. The third-order valence-corrected chi connectivity index (χ3v) is 4.26. The van der Waals surface area contributed by atoms with Gasteiger partial charge >= 0.3 is 5.97 Å². The van der Waals surface area contributed by atoms with Crippen molar-refractivity contribution in [1.29, 1.82) is 0 Å². The highest BCUT2D eigenvalue weighted by atomic mass is 16.5. The normalized spacial score (nSPS) is 16.7. The molecule has 2 aromatic rings. The highest BCUT2D eigenvalue weighted by molar-refractivity contribution is 5.94. The molecule has 0 aliphatic carbocycles. The van der Waals surface area contributed by atoms with Crippen molar-refractivity contribution < 1.29 is 19.1 Å². The number of esters is 1. The Bertz CT molecular complexity index is 815. The molecule has 7 heteroatoms. The van der Waals surface area contributed by atoms with Crippen molar-refractivity contribution in [3.8, 4) is 11.6 Å². The van der Waals surface area contributed by atoms with Gasteiger partial charge in [-0.2, -0.15) is 4.98 Å². The van der Waals surface area contributed by atoms with Crippen LogP contribution in [0.3, 0.4) is 0 Å². The van der Waals surface area contributed by atoms with E-state index in [0.717, 1.165) is 18.5 Å². The second kappa shape index (κ2) is 8.16. The summed E-state index contributed by atoms with van der Waals surface area (Å²) in [5, 5.41) is 0. The van der Waals surface area contributed by atoms with Crippen LogP contribution in [0.2, 0.25) is 0 Å². The van der Waals surface area contributed by atoms with Crippen LogP contribution in [0.15, 0.2) is 30.3 Å². The van der Waals surface area contributed by atoms with Crippen molar-refractivity contribution in [3.63, 3.8) is 0 Å². The lowest BCUT2D eigenvalue weighted by atomic mass is 10.1. The van der Waals surface area contributed by atoms with Gasteiger partial charge in [-0.1, -0.05) is 0 Å². The van der Waals surface area contributed by atoms with Crippen LogP contribution in [-0.4, -0.2) is 45.9 Å². The summed E-state index contributed by atoms with van der Waals surface area (Å²) in [6.07, 6.45) is 1.64. The molecule has 27 heavy (non-hydrogen) atoms. The van der Waals surface area contributed by atoms with E-state index in [2.05, 4.69) is 9.97 Å². The molecule has 0 saturated carbocycles. The topological polar surface area (TPSA) is 81.6 Å². The fraction of sp³-hybridized carbons (Fsp3) is 0.400. The Morgan fingerprint density at radius 2 is 1.89 bits per heavy atom. The minimum absolute atomic E-state index is 0.0623. The molecule has 1 unspecified atom stereocenters. The van der Waals surface area contributed by atoms with Crippen LogP contribution in [0.25, 0.3) is 0 Å². The Kier molecular flexibility index (Phi) is 5.69. The lowest BCUT2D eigenvalue weighted by molar-refractivity contribution is -0.131. The maximum Gasteiger partial charge on any atom is 0.308 e. The number of hydrogen-bond acceptors (Lipinski definition) is 6. The number of benzene rings is 1. The van der Waals surface area contributed by atoms with Crippen molar-refractivity contribution >= 4 is 11.9 Å². The Morgan fingerprint density at radius 3 is 2.56 bits per heavy atom. The molecule has 142 valence electrons. The van der Waals surface area contributed by atoms with Gasteiger partial charge in [0.25, 0.3) is 5.91 Å². The van der Waals surface area contributed by atoms with Gasteiger partial charge in [-0.15, -0.1) is 0 Å².